The maximum absolute atomic E-state index is 13.3. The molecule has 0 atom stereocenters. The van der Waals surface area contributed by atoms with Crippen molar-refractivity contribution in [2.45, 2.75) is 32.6 Å². The lowest BCUT2D eigenvalue weighted by molar-refractivity contribution is -0.137. The molecule has 1 aromatic carbocycles. The zero-order valence-corrected chi connectivity index (χ0v) is 12.9. The standard InChI is InChI=1S/C17H19FN2O3/c1-11-9-14(13-7-6-12(18)10-15(13)20-11)17(23)19-8-4-2-3-5-16(21)22/h6-7,9-10H,2-5,8H2,1H3,(H,19,23)(H,21,22). The highest BCUT2D eigenvalue weighted by Gasteiger charge is 2.12. The van der Waals surface area contributed by atoms with Gasteiger partial charge in [0.05, 0.1) is 11.1 Å². The fraction of sp³-hybridized carbons (Fsp3) is 0.353. The Morgan fingerprint density at radius 3 is 2.74 bits per heavy atom. The number of carbonyl (C=O) groups excluding carboxylic acids is 1. The van der Waals surface area contributed by atoms with Crippen LogP contribution in [-0.2, 0) is 4.79 Å². The molecule has 122 valence electrons. The molecular weight excluding hydrogens is 299 g/mol. The van der Waals surface area contributed by atoms with Crippen LogP contribution in [0.15, 0.2) is 24.3 Å². The third-order valence-electron chi connectivity index (χ3n) is 3.50. The molecule has 0 radical (unpaired) electrons. The zero-order chi connectivity index (χ0) is 16.8. The summed E-state index contributed by atoms with van der Waals surface area (Å²) in [6, 6.07) is 5.85. The number of aliphatic carboxylic acids is 1. The first-order chi connectivity index (χ1) is 11.0. The predicted molar refractivity (Wildman–Crippen MR) is 84.9 cm³/mol. The van der Waals surface area contributed by atoms with Gasteiger partial charge in [-0.3, -0.25) is 14.6 Å². The fourth-order valence-corrected chi connectivity index (χ4v) is 2.40. The highest BCUT2D eigenvalue weighted by molar-refractivity contribution is 6.06. The summed E-state index contributed by atoms with van der Waals surface area (Å²) >= 11 is 0. The van der Waals surface area contributed by atoms with Gasteiger partial charge in [-0.15, -0.1) is 0 Å². The van der Waals surface area contributed by atoms with Gasteiger partial charge in [0.25, 0.3) is 5.91 Å². The van der Waals surface area contributed by atoms with Crippen molar-refractivity contribution >= 4 is 22.8 Å². The third kappa shape index (κ3) is 4.74. The van der Waals surface area contributed by atoms with Crippen LogP contribution in [0, 0.1) is 12.7 Å². The molecule has 0 aliphatic rings. The minimum Gasteiger partial charge on any atom is -0.481 e. The Morgan fingerprint density at radius 2 is 2.00 bits per heavy atom. The molecule has 6 heteroatoms. The van der Waals surface area contributed by atoms with Crippen molar-refractivity contribution in [3.63, 3.8) is 0 Å². The minimum absolute atomic E-state index is 0.147. The number of nitrogens with zero attached hydrogens (tertiary/aromatic N) is 1. The van der Waals surface area contributed by atoms with E-state index in [1.165, 1.54) is 12.1 Å². The fourth-order valence-electron chi connectivity index (χ4n) is 2.40. The van der Waals surface area contributed by atoms with E-state index in [0.717, 1.165) is 12.8 Å². The number of hydrogen-bond donors (Lipinski definition) is 2. The van der Waals surface area contributed by atoms with Gasteiger partial charge in [-0.05, 0) is 38.0 Å². The van der Waals surface area contributed by atoms with Crippen LogP contribution in [0.2, 0.25) is 0 Å². The summed E-state index contributed by atoms with van der Waals surface area (Å²) in [7, 11) is 0. The summed E-state index contributed by atoms with van der Waals surface area (Å²) < 4.78 is 13.3. The average Bonchev–Trinajstić information content (AvgIpc) is 2.48. The quantitative estimate of drug-likeness (QED) is 0.769. The summed E-state index contributed by atoms with van der Waals surface area (Å²) in [5, 5.41) is 12.0. The number of aromatic nitrogens is 1. The second-order valence-corrected chi connectivity index (χ2v) is 5.43. The van der Waals surface area contributed by atoms with Gasteiger partial charge in [-0.25, -0.2) is 4.39 Å². The number of amides is 1. The number of nitrogens with one attached hydrogen (secondary N) is 1. The van der Waals surface area contributed by atoms with E-state index in [2.05, 4.69) is 10.3 Å². The van der Waals surface area contributed by atoms with Gasteiger partial charge >= 0.3 is 5.97 Å². The maximum atomic E-state index is 13.3. The molecule has 0 unspecified atom stereocenters. The first-order valence-electron chi connectivity index (χ1n) is 7.54. The summed E-state index contributed by atoms with van der Waals surface area (Å²) in [4.78, 5) is 27.0. The Hall–Kier alpha value is -2.50. The molecule has 0 saturated carbocycles. The Morgan fingerprint density at radius 1 is 1.22 bits per heavy atom. The van der Waals surface area contributed by atoms with Crippen LogP contribution in [-0.4, -0.2) is 28.5 Å². The van der Waals surface area contributed by atoms with Gasteiger partial charge in [0.1, 0.15) is 5.82 Å². The number of carboxylic acid groups (broad SMARTS) is 1. The molecular formula is C17H19FN2O3. The Labute approximate surface area is 133 Å². The van der Waals surface area contributed by atoms with Crippen LogP contribution >= 0.6 is 0 Å². The van der Waals surface area contributed by atoms with E-state index in [1.807, 2.05) is 0 Å². The molecule has 1 aromatic heterocycles. The number of halogens is 1. The molecule has 23 heavy (non-hydrogen) atoms. The Balaban J connectivity index is 1.99. The molecule has 0 saturated heterocycles. The summed E-state index contributed by atoms with van der Waals surface area (Å²) in [6.07, 6.45) is 2.21. The van der Waals surface area contributed by atoms with E-state index < -0.39 is 5.97 Å². The van der Waals surface area contributed by atoms with E-state index in [-0.39, 0.29) is 18.1 Å². The number of carboxylic acids is 1. The lowest BCUT2D eigenvalue weighted by atomic mass is 10.1. The Bertz CT molecular complexity index is 726. The highest BCUT2D eigenvalue weighted by atomic mass is 19.1. The monoisotopic (exact) mass is 318 g/mol. The molecule has 2 aromatic rings. The summed E-state index contributed by atoms with van der Waals surface area (Å²) in [5.41, 5.74) is 1.57. The summed E-state index contributed by atoms with van der Waals surface area (Å²) in [6.45, 7) is 2.23. The van der Waals surface area contributed by atoms with Crippen molar-refractivity contribution in [1.82, 2.24) is 10.3 Å². The van der Waals surface area contributed by atoms with E-state index in [1.54, 1.807) is 19.1 Å². The van der Waals surface area contributed by atoms with Gasteiger partial charge in [0.15, 0.2) is 0 Å². The number of pyridine rings is 1. The number of unbranched alkanes of at least 4 members (excludes halogenated alkanes) is 2. The number of benzene rings is 1. The lowest BCUT2D eigenvalue weighted by Gasteiger charge is -2.09. The summed E-state index contributed by atoms with van der Waals surface area (Å²) in [5.74, 6) is -1.43. The molecule has 5 nitrogen and oxygen atoms in total. The van der Waals surface area contributed by atoms with Crippen LogP contribution in [0.25, 0.3) is 10.9 Å². The molecule has 0 fully saturated rings. The number of fused-ring (bicyclic) bond motifs is 1. The molecule has 2 N–H and O–H groups in total. The van der Waals surface area contributed by atoms with Gasteiger partial charge in [0, 0.05) is 30.1 Å². The number of aryl methyl sites for hydroxylation is 1. The third-order valence-corrected chi connectivity index (χ3v) is 3.50. The minimum atomic E-state index is -0.806. The number of carbonyl (C=O) groups is 2. The largest absolute Gasteiger partial charge is 0.481 e. The molecule has 0 spiro atoms. The van der Waals surface area contributed by atoms with Crippen molar-refractivity contribution in [2.24, 2.45) is 0 Å². The van der Waals surface area contributed by atoms with Crippen LogP contribution in [0.3, 0.4) is 0 Å². The van der Waals surface area contributed by atoms with Crippen LogP contribution < -0.4 is 5.32 Å². The highest BCUT2D eigenvalue weighted by Crippen LogP contribution is 2.19. The molecule has 2 rings (SSSR count). The number of rotatable bonds is 7. The molecule has 0 aliphatic carbocycles. The van der Waals surface area contributed by atoms with Gasteiger partial charge in [-0.2, -0.15) is 0 Å². The second kappa shape index (κ2) is 7.67. The maximum Gasteiger partial charge on any atom is 0.303 e. The van der Waals surface area contributed by atoms with Crippen molar-refractivity contribution < 1.29 is 19.1 Å². The molecule has 0 bridgehead atoms. The van der Waals surface area contributed by atoms with Crippen LogP contribution in [0.5, 0.6) is 0 Å². The van der Waals surface area contributed by atoms with E-state index in [4.69, 9.17) is 5.11 Å². The smallest absolute Gasteiger partial charge is 0.303 e. The first-order valence-corrected chi connectivity index (χ1v) is 7.54. The average molecular weight is 318 g/mol. The molecule has 1 amide bonds. The molecule has 1 heterocycles. The van der Waals surface area contributed by atoms with Crippen molar-refractivity contribution in [3.8, 4) is 0 Å². The van der Waals surface area contributed by atoms with Crippen molar-refractivity contribution in [2.75, 3.05) is 6.54 Å². The van der Waals surface area contributed by atoms with Gasteiger partial charge in [-0.1, -0.05) is 6.42 Å². The first kappa shape index (κ1) is 16.9. The Kier molecular flexibility index (Phi) is 5.62. The molecule has 0 aliphatic heterocycles. The predicted octanol–water partition coefficient (Wildman–Crippen LogP) is 3.06. The van der Waals surface area contributed by atoms with Crippen LogP contribution in [0.1, 0.15) is 41.7 Å². The van der Waals surface area contributed by atoms with E-state index >= 15 is 0 Å². The van der Waals surface area contributed by atoms with Gasteiger partial charge in [0.2, 0.25) is 0 Å². The zero-order valence-electron chi connectivity index (χ0n) is 12.9. The van der Waals surface area contributed by atoms with Crippen molar-refractivity contribution in [3.05, 3.63) is 41.3 Å². The van der Waals surface area contributed by atoms with Crippen LogP contribution in [0.4, 0.5) is 4.39 Å². The number of hydrogen-bond acceptors (Lipinski definition) is 3. The lowest BCUT2D eigenvalue weighted by Crippen LogP contribution is -2.25. The van der Waals surface area contributed by atoms with Crippen molar-refractivity contribution in [1.29, 1.82) is 0 Å². The topological polar surface area (TPSA) is 79.3 Å². The normalized spacial score (nSPS) is 10.7. The SMILES string of the molecule is Cc1cc(C(=O)NCCCCCC(=O)O)c2ccc(F)cc2n1. The van der Waals surface area contributed by atoms with E-state index in [0.29, 0.717) is 35.1 Å². The van der Waals surface area contributed by atoms with E-state index in [9.17, 15) is 14.0 Å². The second-order valence-electron chi connectivity index (χ2n) is 5.43. The van der Waals surface area contributed by atoms with Gasteiger partial charge < -0.3 is 10.4 Å².